The molecule has 17 heavy (non-hydrogen) atoms. The minimum Gasteiger partial charge on any atom is -0.444 e. The predicted molar refractivity (Wildman–Crippen MR) is 63.6 cm³/mol. The molecule has 2 aliphatic heterocycles. The van der Waals surface area contributed by atoms with E-state index >= 15 is 0 Å². The zero-order chi connectivity index (χ0) is 12.6. The smallest absolute Gasteiger partial charge is 0.410 e. The number of amides is 1. The van der Waals surface area contributed by atoms with E-state index in [9.17, 15) is 9.18 Å². The van der Waals surface area contributed by atoms with Crippen molar-refractivity contribution in [3.05, 3.63) is 0 Å². The molecule has 0 N–H and O–H groups in total. The molecule has 0 aromatic carbocycles. The number of ether oxygens (including phenoxy) is 1. The summed E-state index contributed by atoms with van der Waals surface area (Å²) in [7, 11) is 0. The Kier molecular flexibility index (Phi) is 3.32. The number of halogens is 1. The molecule has 0 radical (unpaired) electrons. The van der Waals surface area contributed by atoms with Crippen molar-refractivity contribution in [1.82, 2.24) is 4.90 Å². The van der Waals surface area contributed by atoms with Gasteiger partial charge in [0.25, 0.3) is 0 Å². The van der Waals surface area contributed by atoms with Crippen LogP contribution < -0.4 is 0 Å². The molecule has 0 aromatic rings. The number of hydrogen-bond donors (Lipinski definition) is 0. The van der Waals surface area contributed by atoms with Crippen LogP contribution in [0.2, 0.25) is 0 Å². The standard InChI is InChI=1S/C13H22FNO2/c1-13(2,3)17-12(16)15-10-4-5-11(15)7-9(6-10)8-14/h9-11H,4-8H2,1-3H3. The molecule has 0 aliphatic carbocycles. The molecule has 0 aromatic heterocycles. The van der Waals surface area contributed by atoms with Gasteiger partial charge in [-0.3, -0.25) is 4.39 Å². The number of carbonyl (C=O) groups excluding carboxylic acids is 1. The van der Waals surface area contributed by atoms with Crippen molar-refractivity contribution in [3.8, 4) is 0 Å². The van der Waals surface area contributed by atoms with E-state index in [1.165, 1.54) is 0 Å². The van der Waals surface area contributed by atoms with Gasteiger partial charge in [-0.05, 0) is 52.4 Å². The normalized spacial score (nSPS) is 32.7. The molecule has 4 heteroatoms. The summed E-state index contributed by atoms with van der Waals surface area (Å²) in [5.41, 5.74) is -0.451. The lowest BCUT2D eigenvalue weighted by molar-refractivity contribution is 0.000628. The number of fused-ring (bicyclic) bond motifs is 2. The molecule has 0 spiro atoms. The van der Waals surface area contributed by atoms with Crippen molar-refractivity contribution >= 4 is 6.09 Å². The zero-order valence-electron chi connectivity index (χ0n) is 10.9. The highest BCUT2D eigenvalue weighted by molar-refractivity contribution is 5.69. The van der Waals surface area contributed by atoms with E-state index in [-0.39, 0.29) is 30.8 Å². The molecule has 2 atom stereocenters. The molecule has 98 valence electrons. The van der Waals surface area contributed by atoms with Crippen LogP contribution in [0.4, 0.5) is 9.18 Å². The Balaban J connectivity index is 2.01. The van der Waals surface area contributed by atoms with Crippen LogP contribution in [0, 0.1) is 5.92 Å². The Hall–Kier alpha value is -0.800. The second-order valence-electron chi connectivity index (χ2n) is 6.26. The SMILES string of the molecule is CC(C)(C)OC(=O)N1C2CCC1CC(CF)C2. The molecular formula is C13H22FNO2. The summed E-state index contributed by atoms with van der Waals surface area (Å²) in [5, 5.41) is 0. The Morgan fingerprint density at radius 3 is 2.24 bits per heavy atom. The van der Waals surface area contributed by atoms with Gasteiger partial charge in [-0.2, -0.15) is 0 Å². The summed E-state index contributed by atoms with van der Waals surface area (Å²) < 4.78 is 18.1. The highest BCUT2D eigenvalue weighted by Crippen LogP contribution is 2.39. The molecule has 2 saturated heterocycles. The van der Waals surface area contributed by atoms with Crippen molar-refractivity contribution < 1.29 is 13.9 Å². The number of piperidine rings is 1. The van der Waals surface area contributed by atoms with Crippen molar-refractivity contribution in [3.63, 3.8) is 0 Å². The lowest BCUT2D eigenvalue weighted by Gasteiger charge is -2.38. The van der Waals surface area contributed by atoms with Crippen LogP contribution in [-0.2, 0) is 4.74 Å². The minimum atomic E-state index is -0.451. The van der Waals surface area contributed by atoms with E-state index < -0.39 is 5.60 Å². The van der Waals surface area contributed by atoms with Crippen molar-refractivity contribution in [2.45, 2.75) is 64.1 Å². The van der Waals surface area contributed by atoms with Gasteiger partial charge in [0.05, 0.1) is 6.67 Å². The highest BCUT2D eigenvalue weighted by Gasteiger charge is 2.44. The largest absolute Gasteiger partial charge is 0.444 e. The number of nitrogens with zero attached hydrogens (tertiary/aromatic N) is 1. The minimum absolute atomic E-state index is 0.145. The number of hydrogen-bond acceptors (Lipinski definition) is 2. The average Bonchev–Trinajstić information content (AvgIpc) is 2.47. The van der Waals surface area contributed by atoms with Crippen LogP contribution in [-0.4, -0.2) is 35.4 Å². The third-order valence-electron chi connectivity index (χ3n) is 3.65. The number of alkyl halides is 1. The lowest BCUT2D eigenvalue weighted by atomic mass is 9.92. The molecule has 3 nitrogen and oxygen atoms in total. The summed E-state index contributed by atoms with van der Waals surface area (Å²) in [6.07, 6.45) is 3.38. The van der Waals surface area contributed by atoms with Gasteiger partial charge in [-0.1, -0.05) is 0 Å². The zero-order valence-corrected chi connectivity index (χ0v) is 10.9. The van der Waals surface area contributed by atoms with Crippen LogP contribution in [0.5, 0.6) is 0 Å². The third kappa shape index (κ3) is 2.72. The van der Waals surface area contributed by atoms with E-state index in [1.54, 1.807) is 0 Å². The Labute approximate surface area is 102 Å². The molecule has 2 aliphatic rings. The molecule has 2 rings (SSSR count). The summed E-state index contributed by atoms with van der Waals surface area (Å²) in [6.45, 7) is 5.37. The highest BCUT2D eigenvalue weighted by atomic mass is 19.1. The Morgan fingerprint density at radius 2 is 1.82 bits per heavy atom. The first-order valence-electron chi connectivity index (χ1n) is 6.48. The molecule has 2 bridgehead atoms. The van der Waals surface area contributed by atoms with Gasteiger partial charge in [-0.25, -0.2) is 4.79 Å². The summed E-state index contributed by atoms with van der Waals surface area (Å²) in [6, 6.07) is 0.397. The molecule has 2 heterocycles. The Morgan fingerprint density at radius 1 is 1.29 bits per heavy atom. The molecule has 2 unspecified atom stereocenters. The second-order valence-corrected chi connectivity index (χ2v) is 6.26. The fourth-order valence-electron chi connectivity index (χ4n) is 3.03. The van der Waals surface area contributed by atoms with Gasteiger partial charge in [0.2, 0.25) is 0 Å². The van der Waals surface area contributed by atoms with Gasteiger partial charge in [0.1, 0.15) is 5.60 Å². The maximum atomic E-state index is 12.7. The summed E-state index contributed by atoms with van der Waals surface area (Å²) in [5.74, 6) is 0.145. The van der Waals surface area contributed by atoms with E-state index in [0.717, 1.165) is 25.7 Å². The second kappa shape index (κ2) is 4.46. The van der Waals surface area contributed by atoms with Gasteiger partial charge < -0.3 is 9.64 Å². The van der Waals surface area contributed by atoms with Gasteiger partial charge in [0, 0.05) is 12.1 Å². The molecule has 2 fully saturated rings. The maximum Gasteiger partial charge on any atom is 0.410 e. The number of carbonyl (C=O) groups is 1. The van der Waals surface area contributed by atoms with Gasteiger partial charge in [0.15, 0.2) is 0 Å². The molecular weight excluding hydrogens is 221 g/mol. The monoisotopic (exact) mass is 243 g/mol. The quantitative estimate of drug-likeness (QED) is 0.708. The van der Waals surface area contributed by atoms with Crippen LogP contribution in [0.3, 0.4) is 0 Å². The number of rotatable bonds is 1. The van der Waals surface area contributed by atoms with Crippen LogP contribution >= 0.6 is 0 Å². The fraction of sp³-hybridized carbons (Fsp3) is 0.923. The van der Waals surface area contributed by atoms with E-state index in [2.05, 4.69) is 0 Å². The van der Waals surface area contributed by atoms with Crippen molar-refractivity contribution in [2.24, 2.45) is 5.92 Å². The van der Waals surface area contributed by atoms with E-state index in [1.807, 2.05) is 25.7 Å². The van der Waals surface area contributed by atoms with Crippen molar-refractivity contribution in [2.75, 3.05) is 6.67 Å². The average molecular weight is 243 g/mol. The van der Waals surface area contributed by atoms with E-state index in [0.29, 0.717) is 0 Å². The molecule has 1 amide bonds. The first-order valence-corrected chi connectivity index (χ1v) is 6.48. The van der Waals surface area contributed by atoms with Crippen molar-refractivity contribution in [1.29, 1.82) is 0 Å². The first kappa shape index (κ1) is 12.7. The molecule has 0 saturated carbocycles. The fourth-order valence-corrected chi connectivity index (χ4v) is 3.03. The van der Waals surface area contributed by atoms with E-state index in [4.69, 9.17) is 4.74 Å². The lowest BCUT2D eigenvalue weighted by Crippen LogP contribution is -2.48. The van der Waals surface area contributed by atoms with Crippen LogP contribution in [0.15, 0.2) is 0 Å². The van der Waals surface area contributed by atoms with Gasteiger partial charge in [-0.15, -0.1) is 0 Å². The summed E-state index contributed by atoms with van der Waals surface area (Å²) >= 11 is 0. The predicted octanol–water partition coefficient (Wildman–Crippen LogP) is 3.13. The first-order chi connectivity index (χ1) is 7.90. The third-order valence-corrected chi connectivity index (χ3v) is 3.65. The van der Waals surface area contributed by atoms with Crippen LogP contribution in [0.25, 0.3) is 0 Å². The maximum absolute atomic E-state index is 12.7. The topological polar surface area (TPSA) is 29.5 Å². The van der Waals surface area contributed by atoms with Crippen LogP contribution in [0.1, 0.15) is 46.5 Å². The van der Waals surface area contributed by atoms with Gasteiger partial charge >= 0.3 is 6.09 Å². The Bertz CT molecular complexity index is 286. The summed E-state index contributed by atoms with van der Waals surface area (Å²) in [4.78, 5) is 13.9.